The van der Waals surface area contributed by atoms with Crippen LogP contribution in [0.1, 0.15) is 37.8 Å². The molecule has 0 radical (unpaired) electrons. The molecule has 3 aromatic rings. The number of anilines is 5. The first kappa shape index (κ1) is 33.1. The molecule has 0 aliphatic carbocycles. The van der Waals surface area contributed by atoms with Crippen molar-refractivity contribution in [3.05, 3.63) is 72.6 Å². The highest BCUT2D eigenvalue weighted by atomic mass is 19.1. The summed E-state index contributed by atoms with van der Waals surface area (Å²) in [5.41, 5.74) is 1.84. The quantitative estimate of drug-likeness (QED) is 0.314. The number of nitrogens with one attached hydrogen (secondary N) is 2. The summed E-state index contributed by atoms with van der Waals surface area (Å²) in [5.74, 6) is -0.325. The van der Waals surface area contributed by atoms with Crippen molar-refractivity contribution in [1.82, 2.24) is 19.8 Å². The molecule has 2 aromatic carbocycles. The Morgan fingerprint density at radius 2 is 1.73 bits per heavy atom. The third-order valence-electron chi connectivity index (χ3n) is 9.22. The summed E-state index contributed by atoms with van der Waals surface area (Å²) in [4.78, 5) is 45.3. The monoisotopic (exact) mass is 662 g/mol. The normalized spacial score (nSPS) is 18.9. The summed E-state index contributed by atoms with van der Waals surface area (Å²) in [7, 11) is 1.57. The first-order chi connectivity index (χ1) is 23.2. The van der Waals surface area contributed by atoms with Crippen LogP contribution in [-0.2, 0) is 14.4 Å². The van der Waals surface area contributed by atoms with Crippen molar-refractivity contribution >= 4 is 40.5 Å². The minimum Gasteiger partial charge on any atom is -0.494 e. The molecular weight excluding hydrogens is 622 g/mol. The van der Waals surface area contributed by atoms with Crippen LogP contribution in [0.25, 0.3) is 0 Å². The zero-order chi connectivity index (χ0) is 33.8. The van der Waals surface area contributed by atoms with E-state index in [2.05, 4.69) is 37.0 Å². The third kappa shape index (κ3) is 7.04. The maximum absolute atomic E-state index is 14.7. The highest BCUT2D eigenvalue weighted by Gasteiger charge is 2.34. The number of nitrogens with zero attached hydrogens (tertiary/aromatic N) is 6. The van der Waals surface area contributed by atoms with Gasteiger partial charge in [0.1, 0.15) is 29.5 Å². The number of carbonyl (C=O) groups is 2. The SMILES string of the molecule is C=CC(=O)Nc1cc(Nc2cc(N3OCC[C@H]3c3c(F)cccc3F)ncn2)c(OC)cc1N1CCC(N2CCN(C(C)=O)CC2)CC1. The largest absolute Gasteiger partial charge is 0.494 e. The number of aromatic nitrogens is 2. The molecule has 48 heavy (non-hydrogen) atoms. The van der Waals surface area contributed by atoms with Gasteiger partial charge in [0.15, 0.2) is 5.82 Å². The second kappa shape index (κ2) is 14.5. The number of piperazine rings is 1. The Kier molecular flexibility index (Phi) is 10.0. The molecule has 1 atom stereocenters. The zero-order valence-corrected chi connectivity index (χ0v) is 27.1. The van der Waals surface area contributed by atoms with E-state index in [1.54, 1.807) is 26.2 Å². The van der Waals surface area contributed by atoms with Gasteiger partial charge in [-0.15, -0.1) is 0 Å². The fourth-order valence-electron chi connectivity index (χ4n) is 6.72. The van der Waals surface area contributed by atoms with Crippen molar-refractivity contribution in [3.63, 3.8) is 0 Å². The van der Waals surface area contributed by atoms with E-state index >= 15 is 0 Å². The first-order valence-corrected chi connectivity index (χ1v) is 16.1. The molecule has 0 unspecified atom stereocenters. The van der Waals surface area contributed by atoms with E-state index in [4.69, 9.17) is 9.57 Å². The summed E-state index contributed by atoms with van der Waals surface area (Å²) in [6.07, 6.45) is 4.81. The minimum atomic E-state index is -0.710. The predicted molar refractivity (Wildman–Crippen MR) is 178 cm³/mol. The number of hydrogen-bond acceptors (Lipinski definition) is 10. The molecule has 0 spiro atoms. The second-order valence-corrected chi connectivity index (χ2v) is 12.0. The van der Waals surface area contributed by atoms with Gasteiger partial charge in [-0.1, -0.05) is 12.6 Å². The Bertz CT molecular complexity index is 1640. The number of methoxy groups -OCH3 is 1. The van der Waals surface area contributed by atoms with Crippen LogP contribution < -0.4 is 25.3 Å². The van der Waals surface area contributed by atoms with Crippen LogP contribution >= 0.6 is 0 Å². The summed E-state index contributed by atoms with van der Waals surface area (Å²) >= 11 is 0. The number of ether oxygens (including phenoxy) is 1. The van der Waals surface area contributed by atoms with E-state index in [0.29, 0.717) is 41.2 Å². The van der Waals surface area contributed by atoms with E-state index in [1.807, 2.05) is 11.0 Å². The Balaban J connectivity index is 1.21. The van der Waals surface area contributed by atoms with E-state index in [1.165, 1.54) is 35.7 Å². The number of benzene rings is 2. The third-order valence-corrected chi connectivity index (χ3v) is 9.22. The molecule has 3 saturated heterocycles. The number of carbonyl (C=O) groups excluding carboxylic acids is 2. The molecule has 0 bridgehead atoms. The van der Waals surface area contributed by atoms with Gasteiger partial charge in [-0.25, -0.2) is 23.8 Å². The minimum absolute atomic E-state index is 0.0810. The van der Waals surface area contributed by atoms with Crippen molar-refractivity contribution in [2.45, 2.75) is 38.3 Å². The molecule has 3 fully saturated rings. The molecule has 12 nitrogen and oxygen atoms in total. The van der Waals surface area contributed by atoms with Gasteiger partial charge in [-0.05, 0) is 37.1 Å². The van der Waals surface area contributed by atoms with Crippen LogP contribution in [0.3, 0.4) is 0 Å². The summed E-state index contributed by atoms with van der Waals surface area (Å²) in [5, 5.41) is 7.59. The second-order valence-electron chi connectivity index (χ2n) is 12.0. The first-order valence-electron chi connectivity index (χ1n) is 16.1. The maximum atomic E-state index is 14.7. The Morgan fingerprint density at radius 3 is 2.40 bits per heavy atom. The van der Waals surface area contributed by atoms with Gasteiger partial charge in [0.25, 0.3) is 0 Å². The van der Waals surface area contributed by atoms with Gasteiger partial charge in [-0.3, -0.25) is 19.3 Å². The van der Waals surface area contributed by atoms with E-state index in [0.717, 1.165) is 57.8 Å². The number of piperidine rings is 1. The number of halogens is 2. The van der Waals surface area contributed by atoms with Crippen LogP contribution in [-0.4, -0.2) is 90.6 Å². The number of amides is 2. The fraction of sp³-hybridized carbons (Fsp3) is 0.412. The molecule has 2 N–H and O–H groups in total. The topological polar surface area (TPSA) is 115 Å². The Hall–Kier alpha value is -4.82. The summed E-state index contributed by atoms with van der Waals surface area (Å²) in [6, 6.07) is 8.78. The number of hydroxylamine groups is 1. The number of hydrogen-bond donors (Lipinski definition) is 2. The molecule has 3 aliphatic rings. The summed E-state index contributed by atoms with van der Waals surface area (Å²) < 4.78 is 35.1. The average Bonchev–Trinajstić information content (AvgIpc) is 3.58. The molecule has 14 heteroatoms. The predicted octanol–water partition coefficient (Wildman–Crippen LogP) is 4.65. The van der Waals surface area contributed by atoms with E-state index < -0.39 is 17.7 Å². The van der Waals surface area contributed by atoms with Gasteiger partial charge in [0.2, 0.25) is 11.8 Å². The van der Waals surface area contributed by atoms with Crippen LogP contribution in [0.4, 0.5) is 37.5 Å². The lowest BCUT2D eigenvalue weighted by Gasteiger charge is -2.43. The van der Waals surface area contributed by atoms with Crippen molar-refractivity contribution in [3.8, 4) is 5.75 Å². The van der Waals surface area contributed by atoms with E-state index in [-0.39, 0.29) is 24.0 Å². The van der Waals surface area contributed by atoms with Crippen LogP contribution in [0.15, 0.2) is 55.4 Å². The van der Waals surface area contributed by atoms with Gasteiger partial charge in [0.05, 0.1) is 36.8 Å². The molecule has 2 amide bonds. The molecule has 4 heterocycles. The smallest absolute Gasteiger partial charge is 0.247 e. The molecule has 0 saturated carbocycles. The van der Waals surface area contributed by atoms with Gasteiger partial charge in [0, 0.05) is 76.4 Å². The summed E-state index contributed by atoms with van der Waals surface area (Å²) in [6.45, 7) is 10.3. The average molecular weight is 663 g/mol. The standard InChI is InChI=1S/C34H40F2N8O4/c1-4-33(46)40-26-18-27(30(47-3)19-29(26)43-11-8-23(9-12-43)42-15-13-41(14-16-42)22(2)45)39-31-20-32(38-21-37-31)44-28(10-17-48-44)34-24(35)6-5-7-25(34)36/h4-7,18-21,23,28H,1,8-17H2,2-3H3,(H,40,46)(H,37,38,39)/t28-/m0/s1. The lowest BCUT2D eigenvalue weighted by atomic mass is 10.0. The Morgan fingerprint density at radius 1 is 1.00 bits per heavy atom. The highest BCUT2D eigenvalue weighted by molar-refractivity contribution is 6.02. The molecular formula is C34H40F2N8O4. The lowest BCUT2D eigenvalue weighted by molar-refractivity contribution is -0.131. The van der Waals surface area contributed by atoms with Crippen molar-refractivity contribution in [2.24, 2.45) is 0 Å². The molecule has 1 aromatic heterocycles. The lowest BCUT2D eigenvalue weighted by Crippen LogP contribution is -2.54. The van der Waals surface area contributed by atoms with Crippen LogP contribution in [0.2, 0.25) is 0 Å². The van der Waals surface area contributed by atoms with Crippen LogP contribution in [0.5, 0.6) is 5.75 Å². The Labute approximate surface area is 278 Å². The van der Waals surface area contributed by atoms with Gasteiger partial charge < -0.3 is 25.2 Å². The van der Waals surface area contributed by atoms with E-state index in [9.17, 15) is 18.4 Å². The highest BCUT2D eigenvalue weighted by Crippen LogP contribution is 2.41. The maximum Gasteiger partial charge on any atom is 0.247 e. The molecule has 254 valence electrons. The zero-order valence-electron chi connectivity index (χ0n) is 27.1. The molecule has 3 aliphatic heterocycles. The van der Waals surface area contributed by atoms with Crippen molar-refractivity contribution < 1.29 is 27.9 Å². The van der Waals surface area contributed by atoms with Gasteiger partial charge >= 0.3 is 0 Å². The van der Waals surface area contributed by atoms with Crippen LogP contribution in [0, 0.1) is 11.6 Å². The number of rotatable bonds is 9. The van der Waals surface area contributed by atoms with Gasteiger partial charge in [-0.2, -0.15) is 0 Å². The van der Waals surface area contributed by atoms with Crippen molar-refractivity contribution in [1.29, 1.82) is 0 Å². The fourth-order valence-corrected chi connectivity index (χ4v) is 6.72. The van der Waals surface area contributed by atoms with Crippen molar-refractivity contribution in [2.75, 3.05) is 73.6 Å². The molecule has 6 rings (SSSR count).